The number of hydrogen-bond donors (Lipinski definition) is 0. The number of nitrogens with zero attached hydrogens (tertiary/aromatic N) is 2. The van der Waals surface area contributed by atoms with E-state index in [-0.39, 0.29) is 11.9 Å². The van der Waals surface area contributed by atoms with E-state index in [2.05, 4.69) is 0 Å². The first-order chi connectivity index (χ1) is 8.10. The van der Waals surface area contributed by atoms with Crippen molar-refractivity contribution >= 4 is 5.69 Å². The molecule has 0 unspecified atom stereocenters. The van der Waals surface area contributed by atoms with Crippen LogP contribution in [-0.4, -0.2) is 26.3 Å². The molecule has 0 atom stereocenters. The van der Waals surface area contributed by atoms with E-state index in [1.54, 1.807) is 19.2 Å². The van der Waals surface area contributed by atoms with Gasteiger partial charge in [-0.1, -0.05) is 0 Å². The maximum atomic E-state index is 13.8. The summed E-state index contributed by atoms with van der Waals surface area (Å²) < 4.78 is 18.9. The Balaban J connectivity index is 2.98. The molecule has 0 aromatic heterocycles. The van der Waals surface area contributed by atoms with Gasteiger partial charge in [-0.25, -0.2) is 4.39 Å². The molecule has 1 aromatic rings. The van der Waals surface area contributed by atoms with Gasteiger partial charge in [0.1, 0.15) is 5.82 Å². The SMILES string of the molecule is COCCN(c1ccc(C#N)cc1F)C(C)C. The molecule has 0 aliphatic carbocycles. The van der Waals surface area contributed by atoms with Crippen molar-refractivity contribution in [3.63, 3.8) is 0 Å². The molecule has 92 valence electrons. The molecule has 3 nitrogen and oxygen atoms in total. The van der Waals surface area contributed by atoms with Gasteiger partial charge in [-0.3, -0.25) is 0 Å². The second-order valence-corrected chi connectivity index (χ2v) is 4.06. The minimum Gasteiger partial charge on any atom is -0.383 e. The van der Waals surface area contributed by atoms with Gasteiger partial charge in [-0.05, 0) is 32.0 Å². The highest BCUT2D eigenvalue weighted by molar-refractivity contribution is 5.51. The third-order valence-electron chi connectivity index (χ3n) is 2.55. The Morgan fingerprint density at radius 1 is 1.47 bits per heavy atom. The van der Waals surface area contributed by atoms with Crippen molar-refractivity contribution in [2.75, 3.05) is 25.2 Å². The maximum absolute atomic E-state index is 13.8. The van der Waals surface area contributed by atoms with Crippen molar-refractivity contribution < 1.29 is 9.13 Å². The molecule has 0 aliphatic heterocycles. The molecule has 1 aromatic carbocycles. The minimum absolute atomic E-state index is 0.174. The summed E-state index contributed by atoms with van der Waals surface area (Å²) >= 11 is 0. The molecule has 0 fully saturated rings. The van der Waals surface area contributed by atoms with Crippen LogP contribution in [0.2, 0.25) is 0 Å². The number of nitriles is 1. The predicted octanol–water partition coefficient (Wildman–Crippen LogP) is 2.56. The highest BCUT2D eigenvalue weighted by Crippen LogP contribution is 2.22. The Hall–Kier alpha value is -1.60. The normalized spacial score (nSPS) is 10.4. The fourth-order valence-corrected chi connectivity index (χ4v) is 1.66. The van der Waals surface area contributed by atoms with E-state index in [4.69, 9.17) is 10.00 Å². The second kappa shape index (κ2) is 6.21. The first-order valence-corrected chi connectivity index (χ1v) is 5.55. The quantitative estimate of drug-likeness (QED) is 0.788. The lowest BCUT2D eigenvalue weighted by Crippen LogP contribution is -2.34. The summed E-state index contributed by atoms with van der Waals surface area (Å²) in [5, 5.41) is 8.69. The van der Waals surface area contributed by atoms with Gasteiger partial charge in [0.25, 0.3) is 0 Å². The molecule has 1 rings (SSSR count). The van der Waals surface area contributed by atoms with Crippen molar-refractivity contribution in [2.45, 2.75) is 19.9 Å². The summed E-state index contributed by atoms with van der Waals surface area (Å²) in [6.07, 6.45) is 0. The Bertz CT molecular complexity index is 412. The van der Waals surface area contributed by atoms with Crippen molar-refractivity contribution in [3.05, 3.63) is 29.6 Å². The highest BCUT2D eigenvalue weighted by atomic mass is 19.1. The lowest BCUT2D eigenvalue weighted by atomic mass is 10.1. The van der Waals surface area contributed by atoms with Gasteiger partial charge < -0.3 is 9.64 Å². The van der Waals surface area contributed by atoms with E-state index in [0.717, 1.165) is 0 Å². The zero-order chi connectivity index (χ0) is 12.8. The van der Waals surface area contributed by atoms with Crippen LogP contribution in [-0.2, 0) is 4.74 Å². The van der Waals surface area contributed by atoms with E-state index >= 15 is 0 Å². The van der Waals surface area contributed by atoms with Gasteiger partial charge in [-0.2, -0.15) is 5.26 Å². The summed E-state index contributed by atoms with van der Waals surface area (Å²) in [4.78, 5) is 1.92. The van der Waals surface area contributed by atoms with Crippen LogP contribution in [0.1, 0.15) is 19.4 Å². The minimum atomic E-state index is -0.367. The molecule has 0 spiro atoms. The molecule has 0 radical (unpaired) electrons. The number of benzene rings is 1. The molecular formula is C13H17FN2O. The first-order valence-electron chi connectivity index (χ1n) is 5.55. The second-order valence-electron chi connectivity index (χ2n) is 4.06. The van der Waals surface area contributed by atoms with E-state index in [9.17, 15) is 4.39 Å². The fourth-order valence-electron chi connectivity index (χ4n) is 1.66. The molecule has 0 amide bonds. The molecule has 0 aliphatic rings. The van der Waals surface area contributed by atoms with E-state index in [1.807, 2.05) is 24.8 Å². The summed E-state index contributed by atoms with van der Waals surface area (Å²) in [7, 11) is 1.62. The summed E-state index contributed by atoms with van der Waals surface area (Å²) in [6.45, 7) is 5.15. The largest absolute Gasteiger partial charge is 0.383 e. The van der Waals surface area contributed by atoms with Gasteiger partial charge in [0.2, 0.25) is 0 Å². The van der Waals surface area contributed by atoms with Gasteiger partial charge in [-0.15, -0.1) is 0 Å². The average Bonchev–Trinajstić information content (AvgIpc) is 2.30. The van der Waals surface area contributed by atoms with Gasteiger partial charge >= 0.3 is 0 Å². The number of halogens is 1. The maximum Gasteiger partial charge on any atom is 0.147 e. The molecule has 0 bridgehead atoms. The van der Waals surface area contributed by atoms with Gasteiger partial charge in [0.15, 0.2) is 0 Å². The third kappa shape index (κ3) is 3.43. The predicted molar refractivity (Wildman–Crippen MR) is 65.5 cm³/mol. The molecule has 0 saturated heterocycles. The summed E-state index contributed by atoms with van der Waals surface area (Å²) in [6, 6.07) is 6.63. The van der Waals surface area contributed by atoms with Crippen molar-refractivity contribution in [3.8, 4) is 6.07 Å². The number of anilines is 1. The van der Waals surface area contributed by atoms with E-state index in [1.165, 1.54) is 6.07 Å². The Labute approximate surface area is 101 Å². The molecule has 4 heteroatoms. The molecule has 0 saturated carbocycles. The fraction of sp³-hybridized carbons (Fsp3) is 0.462. The van der Waals surface area contributed by atoms with Crippen LogP contribution in [0.5, 0.6) is 0 Å². The average molecular weight is 236 g/mol. The van der Waals surface area contributed by atoms with Crippen LogP contribution in [0.25, 0.3) is 0 Å². The monoisotopic (exact) mass is 236 g/mol. The number of rotatable bonds is 5. The lowest BCUT2D eigenvalue weighted by Gasteiger charge is -2.29. The number of ether oxygens (including phenoxy) is 1. The molecule has 0 heterocycles. The molecule has 17 heavy (non-hydrogen) atoms. The Morgan fingerprint density at radius 3 is 2.65 bits per heavy atom. The summed E-state index contributed by atoms with van der Waals surface area (Å²) in [5.74, 6) is -0.367. The Morgan fingerprint density at radius 2 is 2.18 bits per heavy atom. The van der Waals surface area contributed by atoms with Crippen LogP contribution in [0.15, 0.2) is 18.2 Å². The van der Waals surface area contributed by atoms with Crippen LogP contribution in [0, 0.1) is 17.1 Å². The number of hydrogen-bond acceptors (Lipinski definition) is 3. The van der Waals surface area contributed by atoms with E-state index in [0.29, 0.717) is 24.4 Å². The molecular weight excluding hydrogens is 219 g/mol. The van der Waals surface area contributed by atoms with Crippen LogP contribution in [0.3, 0.4) is 0 Å². The standard InChI is InChI=1S/C13H17FN2O/c1-10(2)16(6-7-17-3)13-5-4-11(9-15)8-12(13)14/h4-5,8,10H,6-7H2,1-3H3. The third-order valence-corrected chi connectivity index (χ3v) is 2.55. The van der Waals surface area contributed by atoms with Crippen LogP contribution in [0.4, 0.5) is 10.1 Å². The zero-order valence-electron chi connectivity index (χ0n) is 10.4. The lowest BCUT2D eigenvalue weighted by molar-refractivity contribution is 0.203. The van der Waals surface area contributed by atoms with Crippen LogP contribution >= 0.6 is 0 Å². The molecule has 0 N–H and O–H groups in total. The van der Waals surface area contributed by atoms with Crippen molar-refractivity contribution in [1.29, 1.82) is 5.26 Å². The zero-order valence-corrected chi connectivity index (χ0v) is 10.4. The number of methoxy groups -OCH3 is 1. The van der Waals surface area contributed by atoms with Gasteiger partial charge in [0, 0.05) is 19.7 Å². The van der Waals surface area contributed by atoms with Gasteiger partial charge in [0.05, 0.1) is 23.9 Å². The smallest absolute Gasteiger partial charge is 0.147 e. The summed E-state index contributed by atoms with van der Waals surface area (Å²) in [5.41, 5.74) is 0.845. The first kappa shape index (κ1) is 13.5. The Kier molecular flexibility index (Phi) is 4.92. The van der Waals surface area contributed by atoms with Crippen LogP contribution < -0.4 is 4.90 Å². The highest BCUT2D eigenvalue weighted by Gasteiger charge is 2.14. The van der Waals surface area contributed by atoms with Crippen molar-refractivity contribution in [2.24, 2.45) is 0 Å². The van der Waals surface area contributed by atoms with E-state index < -0.39 is 0 Å². The van der Waals surface area contributed by atoms with Crippen molar-refractivity contribution in [1.82, 2.24) is 0 Å². The topological polar surface area (TPSA) is 36.3 Å².